The molecule has 3 N–H and O–H groups in total. The number of benzene rings is 1. The monoisotopic (exact) mass is 439 g/mol. The van der Waals surface area contributed by atoms with Gasteiger partial charge in [-0.05, 0) is 35.9 Å². The van der Waals surface area contributed by atoms with Crippen LogP contribution in [0.25, 0.3) is 0 Å². The van der Waals surface area contributed by atoms with E-state index in [1.54, 1.807) is 18.3 Å². The maximum atomic E-state index is 13.1. The van der Waals surface area contributed by atoms with Gasteiger partial charge in [-0.2, -0.15) is 0 Å². The number of likely N-dealkylation sites (N-methyl/N-ethyl adjacent to an activating group) is 1. The Hall–Kier alpha value is -3.17. The van der Waals surface area contributed by atoms with Gasteiger partial charge in [-0.1, -0.05) is 30.3 Å². The van der Waals surface area contributed by atoms with Gasteiger partial charge in [0.05, 0.1) is 13.1 Å². The smallest absolute Gasteiger partial charge is 0.330 e. The zero-order chi connectivity index (χ0) is 22.0. The summed E-state index contributed by atoms with van der Waals surface area (Å²) in [6.07, 6.45) is 0.914. The number of nitrogens with one attached hydrogen (secondary N) is 1. The highest BCUT2D eigenvalue weighted by molar-refractivity contribution is 7.10. The molecule has 0 fully saturated rings. The van der Waals surface area contributed by atoms with Crippen LogP contribution in [0.5, 0.6) is 0 Å². The molecule has 0 aliphatic carbocycles. The Morgan fingerprint density at radius 3 is 2.74 bits per heavy atom. The van der Waals surface area contributed by atoms with Gasteiger partial charge < -0.3 is 10.6 Å². The second kappa shape index (κ2) is 8.91. The molecule has 0 bridgehead atoms. The van der Waals surface area contributed by atoms with E-state index in [4.69, 9.17) is 5.73 Å². The van der Waals surface area contributed by atoms with Gasteiger partial charge in [0.1, 0.15) is 5.82 Å². The zero-order valence-electron chi connectivity index (χ0n) is 17.3. The number of nitrogens with two attached hydrogens (primary N) is 1. The van der Waals surface area contributed by atoms with E-state index in [-0.39, 0.29) is 37.0 Å². The molecule has 0 saturated heterocycles. The van der Waals surface area contributed by atoms with Crippen LogP contribution in [0.2, 0.25) is 0 Å². The minimum absolute atomic E-state index is 0.00781. The lowest BCUT2D eigenvalue weighted by molar-refractivity contribution is -0.119. The third-order valence-electron chi connectivity index (χ3n) is 5.53. The van der Waals surface area contributed by atoms with E-state index in [0.717, 1.165) is 18.5 Å². The van der Waals surface area contributed by atoms with Gasteiger partial charge in [0.2, 0.25) is 5.91 Å². The Bertz CT molecular complexity index is 1200. The molecule has 1 aromatic carbocycles. The summed E-state index contributed by atoms with van der Waals surface area (Å²) in [5.74, 6) is -0.227. The number of nitrogens with zero attached hydrogens (tertiary/aromatic N) is 3. The Balaban J connectivity index is 1.60. The fraction of sp³-hybridized carbons (Fsp3) is 0.318. The van der Waals surface area contributed by atoms with E-state index in [1.165, 1.54) is 19.9 Å². The highest BCUT2D eigenvalue weighted by Crippen LogP contribution is 2.24. The van der Waals surface area contributed by atoms with Crippen LogP contribution in [0.15, 0.2) is 51.4 Å². The van der Waals surface area contributed by atoms with Crippen molar-refractivity contribution in [3.05, 3.63) is 78.6 Å². The summed E-state index contributed by atoms with van der Waals surface area (Å²) in [6.45, 7) is 3.94. The van der Waals surface area contributed by atoms with Gasteiger partial charge in [-0.25, -0.2) is 4.79 Å². The van der Waals surface area contributed by atoms with E-state index in [9.17, 15) is 14.4 Å². The molecule has 0 atom stereocenters. The van der Waals surface area contributed by atoms with Crippen molar-refractivity contribution in [2.75, 3.05) is 30.3 Å². The summed E-state index contributed by atoms with van der Waals surface area (Å²) >= 11 is 1.75. The van der Waals surface area contributed by atoms with Crippen LogP contribution in [0, 0.1) is 0 Å². The molecule has 162 valence electrons. The summed E-state index contributed by atoms with van der Waals surface area (Å²) in [5, 5.41) is 2.07. The fourth-order valence-electron chi connectivity index (χ4n) is 3.94. The molecule has 0 spiro atoms. The number of hydrogen-bond donors (Lipinski definition) is 2. The summed E-state index contributed by atoms with van der Waals surface area (Å²) in [7, 11) is 0. The Morgan fingerprint density at radius 2 is 2.00 bits per heavy atom. The van der Waals surface area contributed by atoms with E-state index >= 15 is 0 Å². The van der Waals surface area contributed by atoms with Crippen LogP contribution in [-0.2, 0) is 24.3 Å². The molecule has 2 aromatic heterocycles. The maximum absolute atomic E-state index is 13.1. The zero-order valence-corrected chi connectivity index (χ0v) is 18.2. The summed E-state index contributed by atoms with van der Waals surface area (Å²) < 4.78 is 1.29. The number of carbonyl (C=O) groups excluding carboxylic acids is 1. The lowest BCUT2D eigenvalue weighted by Crippen LogP contribution is -2.46. The number of rotatable bonds is 6. The average molecular weight is 440 g/mol. The normalized spacial score (nSPS) is 13.7. The van der Waals surface area contributed by atoms with Crippen molar-refractivity contribution < 1.29 is 4.79 Å². The third-order valence-corrected chi connectivity index (χ3v) is 6.55. The van der Waals surface area contributed by atoms with Crippen molar-refractivity contribution in [2.45, 2.75) is 26.4 Å². The minimum atomic E-state index is -0.652. The SMILES string of the molecule is CCN(C(=O)CN1CCc2sccc2C1)c1c(N)n(Cc2ccccc2)c(=O)[nH]c1=O. The highest BCUT2D eigenvalue weighted by atomic mass is 32.1. The molecule has 31 heavy (non-hydrogen) atoms. The number of aromatic nitrogens is 2. The first-order chi connectivity index (χ1) is 15.0. The second-order valence-corrected chi connectivity index (χ2v) is 8.53. The Kier molecular flexibility index (Phi) is 6.06. The first kappa shape index (κ1) is 21.1. The molecule has 1 aliphatic rings. The first-order valence-corrected chi connectivity index (χ1v) is 11.1. The molecular weight excluding hydrogens is 414 g/mol. The second-order valence-electron chi connectivity index (χ2n) is 7.53. The number of amides is 1. The van der Waals surface area contributed by atoms with Gasteiger partial charge in [-0.3, -0.25) is 24.0 Å². The molecule has 0 radical (unpaired) electrons. The largest absolute Gasteiger partial charge is 0.383 e. The molecule has 3 heterocycles. The molecule has 9 heteroatoms. The molecule has 4 rings (SSSR count). The van der Waals surface area contributed by atoms with Gasteiger partial charge in [0.15, 0.2) is 5.69 Å². The van der Waals surface area contributed by atoms with Crippen molar-refractivity contribution in [3.63, 3.8) is 0 Å². The molecule has 1 aliphatic heterocycles. The lowest BCUT2D eigenvalue weighted by atomic mass is 10.1. The number of hydrogen-bond acceptors (Lipinski definition) is 6. The van der Waals surface area contributed by atoms with Gasteiger partial charge >= 0.3 is 5.69 Å². The summed E-state index contributed by atoms with van der Waals surface area (Å²) in [5.41, 5.74) is 7.16. The number of fused-ring (bicyclic) bond motifs is 1. The van der Waals surface area contributed by atoms with E-state index in [2.05, 4.69) is 21.3 Å². The molecule has 8 nitrogen and oxygen atoms in total. The van der Waals surface area contributed by atoms with Crippen LogP contribution in [0.4, 0.5) is 11.5 Å². The van der Waals surface area contributed by atoms with Gasteiger partial charge in [0.25, 0.3) is 5.56 Å². The van der Waals surface area contributed by atoms with Crippen molar-refractivity contribution in [1.82, 2.24) is 14.5 Å². The number of H-pyrrole nitrogens is 1. The topological polar surface area (TPSA) is 104 Å². The van der Waals surface area contributed by atoms with Crippen molar-refractivity contribution in [3.8, 4) is 0 Å². The summed E-state index contributed by atoms with van der Waals surface area (Å²) in [6, 6.07) is 11.4. The van der Waals surface area contributed by atoms with E-state index in [0.29, 0.717) is 6.54 Å². The molecule has 3 aromatic rings. The van der Waals surface area contributed by atoms with E-state index < -0.39 is 11.2 Å². The number of carbonyl (C=O) groups is 1. The van der Waals surface area contributed by atoms with Crippen LogP contribution >= 0.6 is 11.3 Å². The number of thiophene rings is 1. The molecule has 0 saturated carbocycles. The number of aromatic amines is 1. The van der Waals surface area contributed by atoms with E-state index in [1.807, 2.05) is 30.3 Å². The van der Waals surface area contributed by atoms with Crippen LogP contribution in [0.3, 0.4) is 0 Å². The van der Waals surface area contributed by atoms with Crippen molar-refractivity contribution in [2.24, 2.45) is 0 Å². The average Bonchev–Trinajstić information content (AvgIpc) is 3.22. The van der Waals surface area contributed by atoms with Crippen LogP contribution < -0.4 is 21.9 Å². The minimum Gasteiger partial charge on any atom is -0.383 e. The number of anilines is 2. The number of nitrogen functional groups attached to an aromatic ring is 1. The van der Waals surface area contributed by atoms with Crippen LogP contribution in [0.1, 0.15) is 22.9 Å². The van der Waals surface area contributed by atoms with Gasteiger partial charge in [0, 0.05) is 24.5 Å². The van der Waals surface area contributed by atoms with Crippen LogP contribution in [-0.4, -0.2) is 40.0 Å². The quantitative estimate of drug-likeness (QED) is 0.608. The fourth-order valence-corrected chi connectivity index (χ4v) is 4.83. The summed E-state index contributed by atoms with van der Waals surface area (Å²) in [4.78, 5) is 45.3. The lowest BCUT2D eigenvalue weighted by Gasteiger charge is -2.29. The predicted octanol–water partition coefficient (Wildman–Crippen LogP) is 1.64. The third kappa shape index (κ3) is 4.33. The Labute approximate surface area is 183 Å². The Morgan fingerprint density at radius 1 is 1.23 bits per heavy atom. The van der Waals surface area contributed by atoms with Gasteiger partial charge in [-0.15, -0.1) is 11.3 Å². The standard InChI is InChI=1S/C22H25N5O3S/c1-2-26(18(28)14-25-10-8-17-16(13-25)9-11-31-17)19-20(23)27(22(30)24-21(19)29)12-15-6-4-3-5-7-15/h3-7,9,11H,2,8,10,12-14,23H2,1H3,(H,24,29,30). The molecule has 0 unspecified atom stereocenters. The molecule has 1 amide bonds. The van der Waals surface area contributed by atoms with Crippen molar-refractivity contribution >= 4 is 28.7 Å². The first-order valence-electron chi connectivity index (χ1n) is 10.2. The molecular formula is C22H25N5O3S. The maximum Gasteiger partial charge on any atom is 0.330 e. The predicted molar refractivity (Wildman–Crippen MR) is 123 cm³/mol. The van der Waals surface area contributed by atoms with Crippen molar-refractivity contribution in [1.29, 1.82) is 0 Å². The highest BCUT2D eigenvalue weighted by Gasteiger charge is 2.26.